The first-order valence-electron chi connectivity index (χ1n) is 7.85. The van der Waals surface area contributed by atoms with E-state index in [0.29, 0.717) is 19.5 Å². The highest BCUT2D eigenvalue weighted by molar-refractivity contribution is 5.80. The molecule has 0 atom stereocenters. The Hall–Kier alpha value is -1.88. The third-order valence-corrected chi connectivity index (χ3v) is 3.93. The summed E-state index contributed by atoms with van der Waals surface area (Å²) in [5.74, 6) is -0.161. The molecule has 0 aliphatic carbocycles. The van der Waals surface area contributed by atoms with Crippen LogP contribution in [-0.4, -0.2) is 30.4 Å². The number of carbonyl (C=O) groups excluding carboxylic acids is 2. The maximum atomic E-state index is 11.7. The Balaban J connectivity index is 2.21. The minimum Gasteiger partial charge on any atom is -0.355 e. The number of benzene rings is 1. The molecule has 4 N–H and O–H groups in total. The maximum Gasteiger partial charge on any atom is 0.224 e. The molecule has 0 aliphatic rings. The van der Waals surface area contributed by atoms with Crippen molar-refractivity contribution in [2.75, 3.05) is 13.1 Å². The van der Waals surface area contributed by atoms with Crippen molar-refractivity contribution in [3.8, 4) is 0 Å². The Labute approximate surface area is 132 Å². The predicted molar refractivity (Wildman–Crippen MR) is 88.3 cm³/mol. The van der Waals surface area contributed by atoms with Crippen LogP contribution in [0.2, 0.25) is 0 Å². The van der Waals surface area contributed by atoms with Gasteiger partial charge in [-0.2, -0.15) is 0 Å². The van der Waals surface area contributed by atoms with Gasteiger partial charge in [0.15, 0.2) is 0 Å². The number of hydrogen-bond acceptors (Lipinski definition) is 3. The first-order valence-corrected chi connectivity index (χ1v) is 7.85. The maximum absolute atomic E-state index is 11.7. The topological polar surface area (TPSA) is 84.2 Å². The van der Waals surface area contributed by atoms with Gasteiger partial charge in [-0.3, -0.25) is 9.59 Å². The van der Waals surface area contributed by atoms with E-state index in [1.807, 2.05) is 44.2 Å². The van der Waals surface area contributed by atoms with Crippen LogP contribution >= 0.6 is 0 Å². The van der Waals surface area contributed by atoms with E-state index in [1.54, 1.807) is 0 Å². The molecule has 22 heavy (non-hydrogen) atoms. The van der Waals surface area contributed by atoms with Gasteiger partial charge >= 0.3 is 0 Å². The molecular formula is C17H27N3O2. The second kappa shape index (κ2) is 9.20. The second-order valence-electron chi connectivity index (χ2n) is 5.61. The second-order valence-corrected chi connectivity index (χ2v) is 5.61. The zero-order chi connectivity index (χ0) is 16.4. The lowest BCUT2D eigenvalue weighted by Crippen LogP contribution is -2.49. The van der Waals surface area contributed by atoms with E-state index in [-0.39, 0.29) is 23.8 Å². The minimum atomic E-state index is -0.341. The normalized spacial score (nSPS) is 11.0. The van der Waals surface area contributed by atoms with Crippen LogP contribution in [0.4, 0.5) is 0 Å². The summed E-state index contributed by atoms with van der Waals surface area (Å²) in [5, 5.41) is 5.59. The van der Waals surface area contributed by atoms with Crippen molar-refractivity contribution in [3.05, 3.63) is 35.9 Å². The number of hydrogen-bond donors (Lipinski definition) is 3. The summed E-state index contributed by atoms with van der Waals surface area (Å²) >= 11 is 0. The summed E-state index contributed by atoms with van der Waals surface area (Å²) in [6.45, 7) is 4.84. The number of carbonyl (C=O) groups is 2. The van der Waals surface area contributed by atoms with Gasteiger partial charge < -0.3 is 16.4 Å². The predicted octanol–water partition coefficient (Wildman–Crippen LogP) is 1.37. The van der Waals surface area contributed by atoms with Crippen molar-refractivity contribution in [1.29, 1.82) is 0 Å². The quantitative estimate of drug-likeness (QED) is 0.644. The Morgan fingerprint density at radius 1 is 1.05 bits per heavy atom. The van der Waals surface area contributed by atoms with E-state index in [4.69, 9.17) is 5.73 Å². The minimum absolute atomic E-state index is 0.0747. The molecular weight excluding hydrogens is 278 g/mol. The third kappa shape index (κ3) is 6.72. The first-order chi connectivity index (χ1) is 10.5. The summed E-state index contributed by atoms with van der Waals surface area (Å²) < 4.78 is 0. The number of rotatable bonds is 9. The zero-order valence-electron chi connectivity index (χ0n) is 13.5. The monoisotopic (exact) mass is 305 g/mol. The van der Waals surface area contributed by atoms with Crippen LogP contribution in [0.3, 0.4) is 0 Å². The van der Waals surface area contributed by atoms with E-state index >= 15 is 0 Å². The molecule has 0 radical (unpaired) electrons. The lowest BCUT2D eigenvalue weighted by Gasteiger charge is -2.26. The Bertz CT molecular complexity index is 470. The van der Waals surface area contributed by atoms with Crippen LogP contribution in [0, 0.1) is 0 Å². The Kier molecular flexibility index (Phi) is 7.60. The van der Waals surface area contributed by atoms with Crippen molar-refractivity contribution in [2.24, 2.45) is 5.73 Å². The lowest BCUT2D eigenvalue weighted by molar-refractivity contribution is -0.122. The van der Waals surface area contributed by atoms with Gasteiger partial charge in [-0.25, -0.2) is 0 Å². The van der Waals surface area contributed by atoms with Crippen LogP contribution in [0.5, 0.6) is 0 Å². The van der Waals surface area contributed by atoms with Gasteiger partial charge in [0.05, 0.1) is 6.42 Å². The molecule has 0 saturated carbocycles. The molecule has 1 aromatic rings. The van der Waals surface area contributed by atoms with Gasteiger partial charge in [0.2, 0.25) is 11.8 Å². The molecule has 122 valence electrons. The van der Waals surface area contributed by atoms with E-state index in [0.717, 1.165) is 18.4 Å². The molecule has 0 bridgehead atoms. The van der Waals surface area contributed by atoms with Gasteiger partial charge in [0.1, 0.15) is 0 Å². The SMILES string of the molecule is CCC(N)(CC)CNC(=O)CCNC(=O)Cc1ccccc1. The van der Waals surface area contributed by atoms with Crippen molar-refractivity contribution < 1.29 is 9.59 Å². The molecule has 2 amide bonds. The molecule has 5 nitrogen and oxygen atoms in total. The molecule has 0 fully saturated rings. The molecule has 0 spiro atoms. The summed E-state index contributed by atoms with van der Waals surface area (Å²) in [6.07, 6.45) is 2.24. The largest absolute Gasteiger partial charge is 0.355 e. The molecule has 0 unspecified atom stereocenters. The van der Waals surface area contributed by atoms with Crippen molar-refractivity contribution in [1.82, 2.24) is 10.6 Å². The summed E-state index contributed by atoms with van der Waals surface area (Å²) in [7, 11) is 0. The molecule has 0 saturated heterocycles. The zero-order valence-corrected chi connectivity index (χ0v) is 13.5. The van der Waals surface area contributed by atoms with E-state index in [9.17, 15) is 9.59 Å². The van der Waals surface area contributed by atoms with Crippen LogP contribution in [0.1, 0.15) is 38.7 Å². The average Bonchev–Trinajstić information content (AvgIpc) is 2.53. The van der Waals surface area contributed by atoms with Crippen molar-refractivity contribution >= 4 is 11.8 Å². The average molecular weight is 305 g/mol. The molecule has 1 rings (SSSR count). The highest BCUT2D eigenvalue weighted by Crippen LogP contribution is 2.09. The van der Waals surface area contributed by atoms with Crippen LogP contribution < -0.4 is 16.4 Å². The molecule has 0 heterocycles. The Morgan fingerprint density at radius 3 is 2.27 bits per heavy atom. The number of amides is 2. The van der Waals surface area contributed by atoms with Gasteiger partial charge in [0.25, 0.3) is 0 Å². The van der Waals surface area contributed by atoms with Crippen LogP contribution in [0.15, 0.2) is 30.3 Å². The highest BCUT2D eigenvalue weighted by atomic mass is 16.2. The van der Waals surface area contributed by atoms with Crippen molar-refractivity contribution in [3.63, 3.8) is 0 Å². The third-order valence-electron chi connectivity index (χ3n) is 3.93. The van der Waals surface area contributed by atoms with Crippen molar-refractivity contribution in [2.45, 2.75) is 45.1 Å². The van der Waals surface area contributed by atoms with Gasteiger partial charge in [0, 0.05) is 25.0 Å². The van der Waals surface area contributed by atoms with E-state index < -0.39 is 0 Å². The summed E-state index contributed by atoms with van der Waals surface area (Å²) in [5.41, 5.74) is 6.74. The molecule has 0 aliphatic heterocycles. The van der Waals surface area contributed by atoms with Gasteiger partial charge in [-0.05, 0) is 18.4 Å². The highest BCUT2D eigenvalue weighted by Gasteiger charge is 2.20. The molecule has 1 aromatic carbocycles. The van der Waals surface area contributed by atoms with E-state index in [1.165, 1.54) is 0 Å². The smallest absolute Gasteiger partial charge is 0.224 e. The first kappa shape index (κ1) is 18.2. The fraction of sp³-hybridized carbons (Fsp3) is 0.529. The fourth-order valence-electron chi connectivity index (χ4n) is 2.02. The number of nitrogens with one attached hydrogen (secondary N) is 2. The lowest BCUT2D eigenvalue weighted by atomic mass is 9.94. The molecule has 0 aromatic heterocycles. The standard InChI is InChI=1S/C17H27N3O2/c1-3-17(18,4-2)13-20-15(21)10-11-19-16(22)12-14-8-6-5-7-9-14/h5-9H,3-4,10-13,18H2,1-2H3,(H,19,22)(H,20,21). The fourth-order valence-corrected chi connectivity index (χ4v) is 2.02. The summed E-state index contributed by atoms with van der Waals surface area (Å²) in [6, 6.07) is 9.52. The van der Waals surface area contributed by atoms with E-state index in [2.05, 4.69) is 10.6 Å². The summed E-state index contributed by atoms with van der Waals surface area (Å²) in [4.78, 5) is 23.5. The number of nitrogens with two attached hydrogens (primary N) is 1. The van der Waals surface area contributed by atoms with Crippen LogP contribution in [-0.2, 0) is 16.0 Å². The molecule has 5 heteroatoms. The van der Waals surface area contributed by atoms with Crippen LogP contribution in [0.25, 0.3) is 0 Å². The Morgan fingerprint density at radius 2 is 1.68 bits per heavy atom. The van der Waals surface area contributed by atoms with Gasteiger partial charge in [-0.1, -0.05) is 44.2 Å². The van der Waals surface area contributed by atoms with Gasteiger partial charge in [-0.15, -0.1) is 0 Å².